The summed E-state index contributed by atoms with van der Waals surface area (Å²) in [5.74, 6) is 0.956. The molecule has 0 spiro atoms. The SMILES string of the molecule is CCc1ccc(COc2ccc(Br)cc2CNC(C)C)s1. The molecule has 2 nitrogen and oxygen atoms in total. The lowest BCUT2D eigenvalue weighted by Crippen LogP contribution is -2.22. The summed E-state index contributed by atoms with van der Waals surface area (Å²) in [6, 6.07) is 11.0. The molecule has 0 unspecified atom stereocenters. The van der Waals surface area contributed by atoms with Crippen LogP contribution in [-0.2, 0) is 19.6 Å². The van der Waals surface area contributed by atoms with Gasteiger partial charge in [-0.15, -0.1) is 11.3 Å². The van der Waals surface area contributed by atoms with Gasteiger partial charge in [0, 0.05) is 32.4 Å². The van der Waals surface area contributed by atoms with Gasteiger partial charge in [0.05, 0.1) is 0 Å². The Hall–Kier alpha value is -0.840. The molecule has 0 amide bonds. The standard InChI is InChI=1S/C17H22BrNOS/c1-4-15-6-7-16(21-15)11-20-17-8-5-14(18)9-13(17)10-19-12(2)3/h5-9,12,19H,4,10-11H2,1-3H3. The van der Waals surface area contributed by atoms with Crippen molar-refractivity contribution >= 4 is 27.3 Å². The molecule has 1 aromatic carbocycles. The van der Waals surface area contributed by atoms with E-state index in [1.165, 1.54) is 15.3 Å². The second-order valence-electron chi connectivity index (χ2n) is 5.30. The Morgan fingerprint density at radius 3 is 2.62 bits per heavy atom. The van der Waals surface area contributed by atoms with E-state index in [4.69, 9.17) is 4.74 Å². The number of ether oxygens (including phenoxy) is 1. The predicted octanol–water partition coefficient (Wildman–Crippen LogP) is 5.15. The van der Waals surface area contributed by atoms with Crippen LogP contribution in [0.2, 0.25) is 0 Å². The van der Waals surface area contributed by atoms with Crippen molar-refractivity contribution in [2.45, 2.75) is 46.4 Å². The highest BCUT2D eigenvalue weighted by Gasteiger charge is 2.07. The van der Waals surface area contributed by atoms with Gasteiger partial charge in [-0.2, -0.15) is 0 Å². The van der Waals surface area contributed by atoms with E-state index in [9.17, 15) is 0 Å². The number of hydrogen-bond donors (Lipinski definition) is 1. The normalized spacial score (nSPS) is 11.1. The Kier molecular flexibility index (Phi) is 6.27. The quantitative estimate of drug-likeness (QED) is 0.730. The summed E-state index contributed by atoms with van der Waals surface area (Å²) in [5, 5.41) is 3.44. The first-order chi connectivity index (χ1) is 10.1. The third-order valence-corrected chi connectivity index (χ3v) is 4.86. The van der Waals surface area contributed by atoms with Crippen molar-refractivity contribution in [3.63, 3.8) is 0 Å². The minimum atomic E-state index is 0.459. The molecule has 0 aliphatic heterocycles. The van der Waals surface area contributed by atoms with E-state index < -0.39 is 0 Å². The van der Waals surface area contributed by atoms with E-state index >= 15 is 0 Å². The van der Waals surface area contributed by atoms with Crippen LogP contribution in [0.1, 0.15) is 36.1 Å². The van der Waals surface area contributed by atoms with Crippen LogP contribution >= 0.6 is 27.3 Å². The Balaban J connectivity index is 2.04. The maximum absolute atomic E-state index is 6.02. The Morgan fingerprint density at radius 1 is 1.19 bits per heavy atom. The molecule has 21 heavy (non-hydrogen) atoms. The Labute approximate surface area is 139 Å². The second-order valence-corrected chi connectivity index (χ2v) is 7.47. The third kappa shape index (κ3) is 5.13. The Bertz CT molecular complexity index is 580. The van der Waals surface area contributed by atoms with Gasteiger partial charge in [-0.1, -0.05) is 36.7 Å². The number of rotatable bonds is 7. The van der Waals surface area contributed by atoms with Crippen molar-refractivity contribution in [2.75, 3.05) is 0 Å². The fraction of sp³-hybridized carbons (Fsp3) is 0.412. The zero-order valence-corrected chi connectivity index (χ0v) is 15.2. The van der Waals surface area contributed by atoms with Crippen molar-refractivity contribution in [3.05, 3.63) is 50.1 Å². The molecule has 4 heteroatoms. The molecule has 0 saturated carbocycles. The molecule has 1 aromatic heterocycles. The van der Waals surface area contributed by atoms with E-state index in [1.54, 1.807) is 0 Å². The molecule has 1 N–H and O–H groups in total. The van der Waals surface area contributed by atoms with Crippen molar-refractivity contribution in [3.8, 4) is 5.75 Å². The highest BCUT2D eigenvalue weighted by molar-refractivity contribution is 9.10. The Morgan fingerprint density at radius 2 is 1.95 bits per heavy atom. The lowest BCUT2D eigenvalue weighted by molar-refractivity contribution is 0.305. The van der Waals surface area contributed by atoms with E-state index in [0.29, 0.717) is 12.6 Å². The summed E-state index contributed by atoms with van der Waals surface area (Å²) in [5.41, 5.74) is 1.19. The molecule has 114 valence electrons. The third-order valence-electron chi connectivity index (χ3n) is 3.16. The molecule has 1 heterocycles. The van der Waals surface area contributed by atoms with Crippen molar-refractivity contribution in [2.24, 2.45) is 0 Å². The van der Waals surface area contributed by atoms with Gasteiger partial charge in [0.2, 0.25) is 0 Å². The summed E-state index contributed by atoms with van der Waals surface area (Å²) >= 11 is 5.36. The van der Waals surface area contributed by atoms with Crippen molar-refractivity contribution in [1.82, 2.24) is 5.32 Å². The molecule has 0 bridgehead atoms. The first-order valence-electron chi connectivity index (χ1n) is 7.30. The van der Waals surface area contributed by atoms with Crippen LogP contribution in [0.25, 0.3) is 0 Å². The molecule has 2 aromatic rings. The van der Waals surface area contributed by atoms with Crippen LogP contribution < -0.4 is 10.1 Å². The zero-order valence-electron chi connectivity index (χ0n) is 12.8. The zero-order chi connectivity index (χ0) is 15.2. The highest BCUT2D eigenvalue weighted by Crippen LogP contribution is 2.25. The fourth-order valence-electron chi connectivity index (χ4n) is 1.98. The predicted molar refractivity (Wildman–Crippen MR) is 94.1 cm³/mol. The van der Waals surface area contributed by atoms with Gasteiger partial charge >= 0.3 is 0 Å². The van der Waals surface area contributed by atoms with Crippen molar-refractivity contribution < 1.29 is 4.74 Å². The molecular formula is C17H22BrNOS. The first-order valence-corrected chi connectivity index (χ1v) is 8.91. The van der Waals surface area contributed by atoms with Gasteiger partial charge in [0.25, 0.3) is 0 Å². The van der Waals surface area contributed by atoms with E-state index in [0.717, 1.165) is 23.2 Å². The number of hydrogen-bond acceptors (Lipinski definition) is 3. The maximum atomic E-state index is 6.02. The largest absolute Gasteiger partial charge is 0.488 e. The van der Waals surface area contributed by atoms with E-state index in [1.807, 2.05) is 23.5 Å². The number of aryl methyl sites for hydroxylation is 1. The average Bonchev–Trinajstić information content (AvgIpc) is 2.92. The van der Waals surface area contributed by atoms with E-state index in [2.05, 4.69) is 60.2 Å². The average molecular weight is 368 g/mol. The highest BCUT2D eigenvalue weighted by atomic mass is 79.9. The lowest BCUT2D eigenvalue weighted by atomic mass is 10.2. The van der Waals surface area contributed by atoms with E-state index in [-0.39, 0.29) is 0 Å². The smallest absolute Gasteiger partial charge is 0.124 e. The summed E-state index contributed by atoms with van der Waals surface area (Å²) in [6.45, 7) is 7.94. The second kappa shape index (κ2) is 7.97. The van der Waals surface area contributed by atoms with Gasteiger partial charge in [-0.3, -0.25) is 0 Å². The molecule has 0 aliphatic carbocycles. The first kappa shape index (κ1) is 16.5. The topological polar surface area (TPSA) is 21.3 Å². The van der Waals surface area contributed by atoms with Crippen LogP contribution in [0.15, 0.2) is 34.8 Å². The lowest BCUT2D eigenvalue weighted by Gasteiger charge is -2.14. The van der Waals surface area contributed by atoms with Gasteiger partial charge in [0.15, 0.2) is 0 Å². The van der Waals surface area contributed by atoms with Gasteiger partial charge < -0.3 is 10.1 Å². The van der Waals surface area contributed by atoms with Crippen LogP contribution in [0.3, 0.4) is 0 Å². The molecule has 0 aliphatic rings. The molecule has 0 saturated heterocycles. The summed E-state index contributed by atoms with van der Waals surface area (Å²) in [6.07, 6.45) is 1.09. The van der Waals surface area contributed by atoms with Crippen molar-refractivity contribution in [1.29, 1.82) is 0 Å². The van der Waals surface area contributed by atoms with Crippen LogP contribution in [0, 0.1) is 0 Å². The van der Waals surface area contributed by atoms with Crippen LogP contribution in [-0.4, -0.2) is 6.04 Å². The summed E-state index contributed by atoms with van der Waals surface area (Å²) < 4.78 is 7.10. The van der Waals surface area contributed by atoms with Crippen LogP contribution in [0.4, 0.5) is 0 Å². The molecule has 0 fully saturated rings. The summed E-state index contributed by atoms with van der Waals surface area (Å²) in [4.78, 5) is 2.68. The molecular weight excluding hydrogens is 346 g/mol. The summed E-state index contributed by atoms with van der Waals surface area (Å²) in [7, 11) is 0. The minimum Gasteiger partial charge on any atom is -0.488 e. The monoisotopic (exact) mass is 367 g/mol. The number of thiophene rings is 1. The molecule has 0 radical (unpaired) electrons. The maximum Gasteiger partial charge on any atom is 0.124 e. The number of benzene rings is 1. The molecule has 2 rings (SSSR count). The minimum absolute atomic E-state index is 0.459. The number of halogens is 1. The molecule has 0 atom stereocenters. The number of nitrogens with one attached hydrogen (secondary N) is 1. The van der Waals surface area contributed by atoms with Crippen LogP contribution in [0.5, 0.6) is 5.75 Å². The fourth-order valence-corrected chi connectivity index (χ4v) is 3.26. The van der Waals surface area contributed by atoms with Gasteiger partial charge in [0.1, 0.15) is 12.4 Å². The van der Waals surface area contributed by atoms with Gasteiger partial charge in [-0.25, -0.2) is 0 Å². The van der Waals surface area contributed by atoms with Gasteiger partial charge in [-0.05, 0) is 36.8 Å².